The molecule has 0 bridgehead atoms. The molecule has 170 valence electrons. The van der Waals surface area contributed by atoms with Crippen molar-refractivity contribution < 1.29 is 14.3 Å². The molecule has 0 aliphatic carbocycles. The second-order valence-electron chi connectivity index (χ2n) is 7.68. The number of anilines is 1. The summed E-state index contributed by atoms with van der Waals surface area (Å²) in [5, 5.41) is 3.25. The molecule has 0 heterocycles. The molecule has 0 aromatic heterocycles. The van der Waals surface area contributed by atoms with Crippen molar-refractivity contribution >= 4 is 30.2 Å². The van der Waals surface area contributed by atoms with Crippen LogP contribution in [0.25, 0.3) is 11.1 Å². The van der Waals surface area contributed by atoms with Gasteiger partial charge in [-0.3, -0.25) is 9.59 Å². The second-order valence-corrected chi connectivity index (χ2v) is 8.04. The Bertz CT molecular complexity index is 813. The van der Waals surface area contributed by atoms with E-state index in [9.17, 15) is 9.59 Å². The summed E-state index contributed by atoms with van der Waals surface area (Å²) in [6, 6.07) is 15.1. The zero-order chi connectivity index (χ0) is 23.2. The molecular weight excluding hydrogens is 410 g/mol. The van der Waals surface area contributed by atoms with Gasteiger partial charge in [0.25, 0.3) is 0 Å². The summed E-state index contributed by atoms with van der Waals surface area (Å²) in [5.74, 6) is 0.760. The molecule has 2 aromatic rings. The van der Waals surface area contributed by atoms with Gasteiger partial charge >= 0.3 is 5.97 Å². The van der Waals surface area contributed by atoms with Gasteiger partial charge in [0.1, 0.15) is 0 Å². The lowest BCUT2D eigenvalue weighted by Crippen LogP contribution is -2.30. The summed E-state index contributed by atoms with van der Waals surface area (Å²) in [5.41, 5.74) is 14.5. The van der Waals surface area contributed by atoms with E-state index in [4.69, 9.17) is 11.5 Å². The number of hydrogen-bond donors (Lipinski definition) is 4. The highest BCUT2D eigenvalue weighted by Gasteiger charge is 2.11. The monoisotopic (exact) mass is 445 g/mol. The highest BCUT2D eigenvalue weighted by molar-refractivity contribution is 7.80. The van der Waals surface area contributed by atoms with Crippen LogP contribution in [-0.2, 0) is 9.53 Å². The number of esters is 1. The zero-order valence-electron chi connectivity index (χ0n) is 18.6. The Morgan fingerprint density at radius 2 is 1.81 bits per heavy atom. The summed E-state index contributed by atoms with van der Waals surface area (Å²) in [7, 11) is 1.43. The van der Waals surface area contributed by atoms with Gasteiger partial charge in [-0.05, 0) is 41.7 Å². The number of carbonyl (C=O) groups excluding carboxylic acids is 2. The summed E-state index contributed by atoms with van der Waals surface area (Å²) < 4.78 is 4.49. The lowest BCUT2D eigenvalue weighted by atomic mass is 9.98. The molecular formula is C24H35N3O3S. The first-order valence-electron chi connectivity index (χ1n) is 10.4. The predicted molar refractivity (Wildman–Crippen MR) is 131 cm³/mol. The topological polar surface area (TPSA) is 107 Å². The molecule has 0 radical (unpaired) electrons. The number of thiol groups is 1. The van der Waals surface area contributed by atoms with E-state index in [1.807, 2.05) is 42.5 Å². The van der Waals surface area contributed by atoms with E-state index in [1.54, 1.807) is 6.07 Å². The molecule has 1 unspecified atom stereocenters. The third-order valence-corrected chi connectivity index (χ3v) is 5.03. The van der Waals surface area contributed by atoms with Crippen LogP contribution in [0.2, 0.25) is 0 Å². The summed E-state index contributed by atoms with van der Waals surface area (Å²) in [6.45, 7) is 4.92. The van der Waals surface area contributed by atoms with E-state index in [0.717, 1.165) is 29.7 Å². The van der Waals surface area contributed by atoms with Gasteiger partial charge in [-0.1, -0.05) is 50.6 Å². The molecule has 2 aromatic carbocycles. The number of nitrogens with two attached hydrogens (primary N) is 2. The first-order valence-corrected chi connectivity index (χ1v) is 11.1. The Labute approximate surface area is 191 Å². The van der Waals surface area contributed by atoms with Gasteiger partial charge in [0.15, 0.2) is 0 Å². The first-order chi connectivity index (χ1) is 14.8. The van der Waals surface area contributed by atoms with E-state index in [0.29, 0.717) is 30.2 Å². The van der Waals surface area contributed by atoms with Crippen LogP contribution < -0.4 is 16.8 Å². The van der Waals surface area contributed by atoms with Crippen molar-refractivity contribution in [3.63, 3.8) is 0 Å². The molecule has 5 N–H and O–H groups in total. The first kappa shape index (κ1) is 26.5. The van der Waals surface area contributed by atoms with Gasteiger partial charge in [-0.15, -0.1) is 0 Å². The molecule has 0 saturated carbocycles. The van der Waals surface area contributed by atoms with Crippen LogP contribution in [0.5, 0.6) is 0 Å². The maximum absolute atomic E-state index is 11.6. The predicted octanol–water partition coefficient (Wildman–Crippen LogP) is 4.11. The molecule has 6 nitrogen and oxygen atoms in total. The van der Waals surface area contributed by atoms with Crippen LogP contribution in [0.15, 0.2) is 48.5 Å². The molecule has 2 rings (SSSR count). The van der Waals surface area contributed by atoms with Crippen LogP contribution in [0, 0.1) is 5.92 Å². The third kappa shape index (κ3) is 10.4. The Morgan fingerprint density at radius 1 is 1.13 bits per heavy atom. The molecule has 1 amide bonds. The van der Waals surface area contributed by atoms with E-state index >= 15 is 0 Å². The minimum atomic E-state index is -0.438. The molecule has 0 aliphatic heterocycles. The molecule has 31 heavy (non-hydrogen) atoms. The van der Waals surface area contributed by atoms with Crippen molar-refractivity contribution in [1.29, 1.82) is 0 Å². The van der Waals surface area contributed by atoms with Crippen LogP contribution in [0.3, 0.4) is 0 Å². The highest BCUT2D eigenvalue weighted by Crippen LogP contribution is 2.26. The zero-order valence-corrected chi connectivity index (χ0v) is 19.5. The number of amides is 1. The minimum Gasteiger partial charge on any atom is -0.469 e. The van der Waals surface area contributed by atoms with Gasteiger partial charge in [-0.2, -0.15) is 12.6 Å². The number of nitrogens with one attached hydrogen (secondary N) is 1. The van der Waals surface area contributed by atoms with Crippen LogP contribution in [-0.4, -0.2) is 37.3 Å². The van der Waals surface area contributed by atoms with Crippen LogP contribution >= 0.6 is 12.6 Å². The summed E-state index contributed by atoms with van der Waals surface area (Å²) in [6.07, 6.45) is 2.62. The maximum Gasteiger partial charge on any atom is 0.305 e. The van der Waals surface area contributed by atoms with Gasteiger partial charge in [-0.25, -0.2) is 0 Å². The van der Waals surface area contributed by atoms with Gasteiger partial charge in [0.2, 0.25) is 5.91 Å². The summed E-state index contributed by atoms with van der Waals surface area (Å²) >= 11 is 4.16. The fourth-order valence-corrected chi connectivity index (χ4v) is 2.92. The number of primary amides is 1. The third-order valence-electron chi connectivity index (χ3n) is 4.56. The highest BCUT2D eigenvalue weighted by atomic mass is 32.1. The molecule has 7 heteroatoms. The number of hydrogen-bond acceptors (Lipinski definition) is 6. The Kier molecular flexibility index (Phi) is 12.4. The van der Waals surface area contributed by atoms with E-state index in [-0.39, 0.29) is 12.0 Å². The van der Waals surface area contributed by atoms with Gasteiger partial charge in [0.05, 0.1) is 7.11 Å². The average molecular weight is 446 g/mol. The van der Waals surface area contributed by atoms with E-state index in [2.05, 4.69) is 36.5 Å². The number of methoxy groups -OCH3 is 1. The molecule has 0 spiro atoms. The van der Waals surface area contributed by atoms with Crippen molar-refractivity contribution in [3.05, 3.63) is 54.1 Å². The number of carbonyl (C=O) groups is 2. The Hall–Kier alpha value is -2.51. The quantitative estimate of drug-likeness (QED) is 0.325. The van der Waals surface area contributed by atoms with Crippen molar-refractivity contribution in [1.82, 2.24) is 0 Å². The smallest absolute Gasteiger partial charge is 0.305 e. The lowest BCUT2D eigenvalue weighted by molar-refractivity contribution is -0.140. The SMILES string of the molecule is COC(=O)CCCC(C)C.NC(=O)c1ccc(NCC(N)CS)cc1-c1ccccc1. The fourth-order valence-electron chi connectivity index (χ4n) is 2.80. The van der Waals surface area contributed by atoms with Crippen molar-refractivity contribution in [2.75, 3.05) is 24.7 Å². The Balaban J connectivity index is 0.000000407. The van der Waals surface area contributed by atoms with E-state index in [1.165, 1.54) is 7.11 Å². The largest absolute Gasteiger partial charge is 0.469 e. The number of benzene rings is 2. The molecule has 1 atom stereocenters. The van der Waals surface area contributed by atoms with Crippen LogP contribution in [0.1, 0.15) is 43.5 Å². The number of rotatable bonds is 10. The van der Waals surface area contributed by atoms with Crippen molar-refractivity contribution in [2.24, 2.45) is 17.4 Å². The molecule has 0 saturated heterocycles. The lowest BCUT2D eigenvalue weighted by Gasteiger charge is -2.14. The summed E-state index contributed by atoms with van der Waals surface area (Å²) in [4.78, 5) is 22.2. The standard InChI is InChI=1S/C16H19N3OS.C8H16O2/c17-12(10-21)9-19-13-6-7-14(16(18)20)15(8-13)11-4-2-1-3-5-11;1-7(2)5-4-6-8(9)10-3/h1-8,12,19,21H,9-10,17H2,(H2,18,20);7H,4-6H2,1-3H3. The van der Waals surface area contributed by atoms with E-state index < -0.39 is 5.91 Å². The normalized spacial score (nSPS) is 11.3. The molecule has 0 aliphatic rings. The average Bonchev–Trinajstić information content (AvgIpc) is 2.77. The number of ether oxygens (including phenoxy) is 1. The minimum absolute atomic E-state index is 0.0238. The Morgan fingerprint density at radius 3 is 2.35 bits per heavy atom. The second kappa shape index (κ2) is 14.5. The van der Waals surface area contributed by atoms with Crippen molar-refractivity contribution in [3.8, 4) is 11.1 Å². The maximum atomic E-state index is 11.6. The van der Waals surface area contributed by atoms with Crippen LogP contribution in [0.4, 0.5) is 5.69 Å². The molecule has 0 fully saturated rings. The fraction of sp³-hybridized carbons (Fsp3) is 0.417. The van der Waals surface area contributed by atoms with Crippen molar-refractivity contribution in [2.45, 2.75) is 39.2 Å². The van der Waals surface area contributed by atoms with Gasteiger partial charge in [0, 0.05) is 36.0 Å². The van der Waals surface area contributed by atoms with Gasteiger partial charge < -0.3 is 21.5 Å².